The molecule has 7 nitrogen and oxygen atoms in total. The van der Waals surface area contributed by atoms with Crippen LogP contribution in [-0.2, 0) is 16.0 Å². The number of piperazine rings is 1. The molecule has 0 unspecified atom stereocenters. The average molecular weight is 279 g/mol. The predicted octanol–water partition coefficient (Wildman–Crippen LogP) is -0.207. The Morgan fingerprint density at radius 1 is 1.40 bits per heavy atom. The maximum Gasteiger partial charge on any atom is 0.247 e. The third-order valence-corrected chi connectivity index (χ3v) is 3.47. The molecule has 0 bridgehead atoms. The molecule has 2 heterocycles. The second-order valence-electron chi connectivity index (χ2n) is 5.14. The Balaban J connectivity index is 1.95. The van der Waals surface area contributed by atoms with Crippen LogP contribution in [0.4, 0.5) is 0 Å². The summed E-state index contributed by atoms with van der Waals surface area (Å²) in [5.41, 5.74) is 0.750. The number of aromatic nitrogens is 3. The van der Waals surface area contributed by atoms with E-state index in [9.17, 15) is 9.59 Å². The first kappa shape index (κ1) is 14.6. The molecule has 20 heavy (non-hydrogen) atoms. The molecule has 0 spiro atoms. The maximum atomic E-state index is 12.3. The lowest BCUT2D eigenvalue weighted by Crippen LogP contribution is -2.48. The van der Waals surface area contributed by atoms with E-state index in [4.69, 9.17) is 0 Å². The van der Waals surface area contributed by atoms with Gasteiger partial charge in [0.05, 0.1) is 5.69 Å². The summed E-state index contributed by atoms with van der Waals surface area (Å²) in [5.74, 6) is 0.194. The molecule has 110 valence electrons. The van der Waals surface area contributed by atoms with Crippen molar-refractivity contribution in [3.63, 3.8) is 0 Å². The molecule has 7 heteroatoms. The summed E-state index contributed by atoms with van der Waals surface area (Å²) in [6.07, 6.45) is 2.79. The minimum absolute atomic E-state index is 0.0644. The van der Waals surface area contributed by atoms with Gasteiger partial charge < -0.3 is 15.0 Å². The molecule has 1 amide bonds. The first-order valence-corrected chi connectivity index (χ1v) is 6.97. The fraction of sp³-hybridized carbons (Fsp3) is 0.692. The van der Waals surface area contributed by atoms with E-state index in [1.54, 1.807) is 17.8 Å². The smallest absolute Gasteiger partial charge is 0.247 e. The van der Waals surface area contributed by atoms with E-state index < -0.39 is 0 Å². The summed E-state index contributed by atoms with van der Waals surface area (Å²) in [4.78, 5) is 25.1. The Bertz CT molecular complexity index is 479. The van der Waals surface area contributed by atoms with Gasteiger partial charge in [0.15, 0.2) is 0 Å². The lowest BCUT2D eigenvalue weighted by Gasteiger charge is -2.29. The number of rotatable bonds is 5. The van der Waals surface area contributed by atoms with Crippen molar-refractivity contribution in [1.82, 2.24) is 25.2 Å². The molecule has 0 radical (unpaired) electrons. The highest BCUT2D eigenvalue weighted by Gasteiger charge is 2.24. The van der Waals surface area contributed by atoms with Gasteiger partial charge in [-0.2, -0.15) is 0 Å². The first-order chi connectivity index (χ1) is 9.58. The molecule has 1 aliphatic heterocycles. The summed E-state index contributed by atoms with van der Waals surface area (Å²) >= 11 is 0. The van der Waals surface area contributed by atoms with Crippen molar-refractivity contribution >= 4 is 11.7 Å². The van der Waals surface area contributed by atoms with Gasteiger partial charge in [0, 0.05) is 38.8 Å². The van der Waals surface area contributed by atoms with E-state index in [0.29, 0.717) is 12.8 Å². The lowest BCUT2D eigenvalue weighted by atomic mass is 10.2. The van der Waals surface area contributed by atoms with Crippen LogP contribution in [0.15, 0.2) is 6.20 Å². The van der Waals surface area contributed by atoms with Gasteiger partial charge in [0.1, 0.15) is 11.8 Å². The van der Waals surface area contributed by atoms with Crippen LogP contribution in [0.25, 0.3) is 0 Å². The second kappa shape index (κ2) is 6.60. The van der Waals surface area contributed by atoms with E-state index in [1.165, 1.54) is 0 Å². The van der Waals surface area contributed by atoms with Crippen LogP contribution in [-0.4, -0.2) is 57.8 Å². The normalized spacial score (nSPS) is 17.0. The van der Waals surface area contributed by atoms with Gasteiger partial charge in [-0.3, -0.25) is 4.79 Å². The number of carbonyl (C=O) groups is 2. The highest BCUT2D eigenvalue weighted by atomic mass is 16.2. The van der Waals surface area contributed by atoms with Crippen LogP contribution < -0.4 is 5.32 Å². The maximum absolute atomic E-state index is 12.3. The van der Waals surface area contributed by atoms with Gasteiger partial charge >= 0.3 is 0 Å². The van der Waals surface area contributed by atoms with E-state index in [-0.39, 0.29) is 17.7 Å². The van der Waals surface area contributed by atoms with E-state index in [1.807, 2.05) is 11.8 Å². The number of nitrogens with zero attached hydrogens (tertiary/aromatic N) is 4. The molecule has 1 fully saturated rings. The monoisotopic (exact) mass is 279 g/mol. The number of carbonyl (C=O) groups excluding carboxylic acids is 2. The van der Waals surface area contributed by atoms with Crippen molar-refractivity contribution in [3.8, 4) is 0 Å². The quantitative estimate of drug-likeness (QED) is 0.807. The van der Waals surface area contributed by atoms with Crippen LogP contribution in [0.1, 0.15) is 32.0 Å². The van der Waals surface area contributed by atoms with Crippen molar-refractivity contribution in [2.45, 2.75) is 32.7 Å². The number of ketones is 1. The molecule has 1 saturated heterocycles. The summed E-state index contributed by atoms with van der Waals surface area (Å²) < 4.78 is 1.58. The topological polar surface area (TPSA) is 80.1 Å². The number of hydrogen-bond acceptors (Lipinski definition) is 5. The van der Waals surface area contributed by atoms with Crippen LogP contribution in [0, 0.1) is 0 Å². The average Bonchev–Trinajstić information content (AvgIpc) is 2.93. The van der Waals surface area contributed by atoms with Crippen molar-refractivity contribution in [3.05, 3.63) is 11.9 Å². The van der Waals surface area contributed by atoms with E-state index in [0.717, 1.165) is 31.9 Å². The number of aryl methyl sites for hydroxylation is 1. The molecule has 2 rings (SSSR count). The number of Topliss-reactive ketones (excluding diaryl/α,β-unsaturated/α-hetero) is 1. The zero-order valence-electron chi connectivity index (χ0n) is 12.0. The Hall–Kier alpha value is -1.76. The van der Waals surface area contributed by atoms with E-state index in [2.05, 4.69) is 15.6 Å². The molecule has 1 N–H and O–H groups in total. The fourth-order valence-corrected chi connectivity index (χ4v) is 2.18. The SMILES string of the molecule is CC(=O)CCc1cn([C@@H](C)C(=O)N2CCNCC2)nn1. The van der Waals surface area contributed by atoms with Gasteiger partial charge in [-0.15, -0.1) is 5.10 Å². The third-order valence-electron chi connectivity index (χ3n) is 3.47. The van der Waals surface area contributed by atoms with E-state index >= 15 is 0 Å². The molecule has 1 aromatic heterocycles. The molecule has 0 saturated carbocycles. The highest BCUT2D eigenvalue weighted by Crippen LogP contribution is 2.11. The lowest BCUT2D eigenvalue weighted by molar-refractivity contribution is -0.135. The minimum atomic E-state index is -0.355. The Labute approximate surface area is 118 Å². The van der Waals surface area contributed by atoms with Crippen molar-refractivity contribution in [2.75, 3.05) is 26.2 Å². The van der Waals surface area contributed by atoms with Crippen LogP contribution in [0.2, 0.25) is 0 Å². The molecule has 1 aromatic rings. The van der Waals surface area contributed by atoms with Crippen LogP contribution in [0.3, 0.4) is 0 Å². The third kappa shape index (κ3) is 3.63. The van der Waals surface area contributed by atoms with Gasteiger partial charge in [0.25, 0.3) is 0 Å². The van der Waals surface area contributed by atoms with Gasteiger partial charge in [-0.1, -0.05) is 5.21 Å². The van der Waals surface area contributed by atoms with Crippen molar-refractivity contribution < 1.29 is 9.59 Å². The number of nitrogens with one attached hydrogen (secondary N) is 1. The van der Waals surface area contributed by atoms with Gasteiger partial charge in [-0.25, -0.2) is 4.68 Å². The highest BCUT2D eigenvalue weighted by molar-refractivity contribution is 5.80. The number of hydrogen-bond donors (Lipinski definition) is 1. The molecule has 1 aliphatic rings. The Morgan fingerprint density at radius 2 is 2.10 bits per heavy atom. The zero-order valence-corrected chi connectivity index (χ0v) is 12.0. The minimum Gasteiger partial charge on any atom is -0.338 e. The largest absolute Gasteiger partial charge is 0.338 e. The summed E-state index contributed by atoms with van der Waals surface area (Å²) in [6.45, 7) is 6.51. The summed E-state index contributed by atoms with van der Waals surface area (Å²) in [7, 11) is 0. The summed E-state index contributed by atoms with van der Waals surface area (Å²) in [6, 6.07) is -0.355. The van der Waals surface area contributed by atoms with Crippen LogP contribution >= 0.6 is 0 Å². The van der Waals surface area contributed by atoms with Crippen molar-refractivity contribution in [2.24, 2.45) is 0 Å². The predicted molar refractivity (Wildman–Crippen MR) is 73.2 cm³/mol. The van der Waals surface area contributed by atoms with Crippen molar-refractivity contribution in [1.29, 1.82) is 0 Å². The Morgan fingerprint density at radius 3 is 2.75 bits per heavy atom. The molecule has 1 atom stereocenters. The molecule has 0 aromatic carbocycles. The summed E-state index contributed by atoms with van der Waals surface area (Å²) in [5, 5.41) is 11.2. The van der Waals surface area contributed by atoms with Crippen LogP contribution in [0.5, 0.6) is 0 Å². The van der Waals surface area contributed by atoms with Gasteiger partial charge in [0.2, 0.25) is 5.91 Å². The number of amides is 1. The van der Waals surface area contributed by atoms with Gasteiger partial charge in [-0.05, 0) is 20.3 Å². The molecular weight excluding hydrogens is 258 g/mol. The standard InChI is InChI=1S/C13H21N5O2/c1-10(19)3-4-12-9-18(16-15-12)11(2)13(20)17-7-5-14-6-8-17/h9,11,14H,3-8H2,1-2H3/t11-/m0/s1. The Kier molecular flexibility index (Phi) is 4.84. The zero-order chi connectivity index (χ0) is 14.5. The molecular formula is C13H21N5O2. The molecule has 0 aliphatic carbocycles. The fourth-order valence-electron chi connectivity index (χ4n) is 2.18. The first-order valence-electron chi connectivity index (χ1n) is 6.97. The second-order valence-corrected chi connectivity index (χ2v) is 5.14.